The molecule has 0 saturated carbocycles. The summed E-state index contributed by atoms with van der Waals surface area (Å²) in [6.45, 7) is 2.78. The predicted octanol–water partition coefficient (Wildman–Crippen LogP) is 0.582. The number of nitrogens with zero attached hydrogens (tertiary/aromatic N) is 4. The van der Waals surface area contributed by atoms with Crippen LogP contribution in [-0.4, -0.2) is 31.4 Å². The Labute approximate surface area is 142 Å². The van der Waals surface area contributed by atoms with E-state index in [0.29, 0.717) is 30.3 Å². The van der Waals surface area contributed by atoms with Gasteiger partial charge < -0.3 is 9.47 Å². The second-order valence-electron chi connectivity index (χ2n) is 6.20. The van der Waals surface area contributed by atoms with Crippen molar-refractivity contribution < 1.29 is 9.47 Å². The highest BCUT2D eigenvalue weighted by atomic mass is 16.6. The summed E-state index contributed by atoms with van der Waals surface area (Å²) in [6.07, 6.45) is -0.242. The molecule has 0 fully saturated rings. The van der Waals surface area contributed by atoms with Crippen molar-refractivity contribution in [3.8, 4) is 11.8 Å². The Morgan fingerprint density at radius 1 is 1.24 bits per heavy atom. The number of imidazole rings is 1. The molecule has 1 aliphatic rings. The van der Waals surface area contributed by atoms with Crippen LogP contribution in [0.2, 0.25) is 0 Å². The molecular weight excluding hydrogens is 324 g/mol. The molecule has 0 bridgehead atoms. The number of aromatic nitrogens is 4. The minimum atomic E-state index is -0.409. The van der Waals surface area contributed by atoms with Gasteiger partial charge in [0.25, 0.3) is 11.6 Å². The van der Waals surface area contributed by atoms with E-state index in [1.165, 1.54) is 11.6 Å². The molecule has 0 unspecified atom stereocenters. The lowest BCUT2D eigenvalue weighted by Crippen LogP contribution is -2.37. The van der Waals surface area contributed by atoms with E-state index in [1.54, 1.807) is 11.6 Å². The molecule has 1 aromatic carbocycles. The van der Waals surface area contributed by atoms with Gasteiger partial charge >= 0.3 is 5.69 Å². The average Bonchev–Trinajstić information content (AvgIpc) is 3.14. The lowest BCUT2D eigenvalue weighted by Gasteiger charge is -2.13. The number of ether oxygens (including phenoxy) is 2. The van der Waals surface area contributed by atoms with Crippen LogP contribution >= 0.6 is 0 Å². The predicted molar refractivity (Wildman–Crippen MR) is 91.3 cm³/mol. The van der Waals surface area contributed by atoms with Gasteiger partial charge in [0.2, 0.25) is 0 Å². The van der Waals surface area contributed by atoms with E-state index in [2.05, 4.69) is 4.98 Å². The van der Waals surface area contributed by atoms with Crippen molar-refractivity contribution in [3.05, 3.63) is 50.7 Å². The SMILES string of the molecule is Cc1ccccc1OC[C@H]1Cn2c(nc3c2c(=O)n(C)c(=O)n3C)O1. The smallest absolute Gasteiger partial charge is 0.332 e. The summed E-state index contributed by atoms with van der Waals surface area (Å²) in [5.41, 5.74) is 0.974. The Bertz CT molecular complexity index is 1090. The van der Waals surface area contributed by atoms with Gasteiger partial charge in [0.05, 0.1) is 6.54 Å². The van der Waals surface area contributed by atoms with Crippen LogP contribution in [0.25, 0.3) is 11.2 Å². The summed E-state index contributed by atoms with van der Waals surface area (Å²) < 4.78 is 15.8. The molecule has 130 valence electrons. The van der Waals surface area contributed by atoms with E-state index in [0.717, 1.165) is 15.9 Å². The van der Waals surface area contributed by atoms with Crippen LogP contribution in [0.4, 0.5) is 0 Å². The summed E-state index contributed by atoms with van der Waals surface area (Å²) in [5, 5.41) is 0. The first kappa shape index (κ1) is 15.5. The largest absolute Gasteiger partial charge is 0.489 e. The number of fused-ring (bicyclic) bond motifs is 3. The van der Waals surface area contributed by atoms with Crippen molar-refractivity contribution in [2.24, 2.45) is 14.1 Å². The molecule has 0 saturated heterocycles. The van der Waals surface area contributed by atoms with Gasteiger partial charge in [-0.15, -0.1) is 0 Å². The standard InChI is InChI=1S/C17H18N4O4/c1-10-6-4-5-7-12(10)24-9-11-8-21-13-14(18-16(21)25-11)19(2)17(23)20(3)15(13)22/h4-7,11H,8-9H2,1-3H3/t11-/m1/s1. The van der Waals surface area contributed by atoms with E-state index in [1.807, 2.05) is 31.2 Å². The second kappa shape index (κ2) is 5.51. The van der Waals surface area contributed by atoms with Gasteiger partial charge in [-0.05, 0) is 18.6 Å². The van der Waals surface area contributed by atoms with Crippen molar-refractivity contribution in [1.29, 1.82) is 0 Å². The third kappa shape index (κ3) is 2.33. The van der Waals surface area contributed by atoms with Crippen molar-refractivity contribution >= 4 is 11.2 Å². The molecule has 3 aromatic rings. The van der Waals surface area contributed by atoms with E-state index < -0.39 is 5.69 Å². The fourth-order valence-electron chi connectivity index (χ4n) is 3.06. The molecule has 8 heteroatoms. The fraction of sp³-hybridized carbons (Fsp3) is 0.353. The maximum Gasteiger partial charge on any atom is 0.332 e. The van der Waals surface area contributed by atoms with Crippen molar-refractivity contribution in [2.75, 3.05) is 6.61 Å². The van der Waals surface area contributed by atoms with E-state index in [9.17, 15) is 9.59 Å². The third-order valence-electron chi connectivity index (χ3n) is 4.49. The first-order valence-corrected chi connectivity index (χ1v) is 7.98. The highest BCUT2D eigenvalue weighted by Gasteiger charge is 2.30. The quantitative estimate of drug-likeness (QED) is 0.696. The zero-order chi connectivity index (χ0) is 17.7. The Balaban J connectivity index is 1.63. The Hall–Kier alpha value is -3.03. The van der Waals surface area contributed by atoms with Crippen LogP contribution in [-0.2, 0) is 20.6 Å². The van der Waals surface area contributed by atoms with Gasteiger partial charge in [-0.3, -0.25) is 18.5 Å². The molecule has 1 atom stereocenters. The number of benzene rings is 1. The molecule has 1 aliphatic heterocycles. The highest BCUT2D eigenvalue weighted by molar-refractivity contribution is 5.72. The molecule has 4 rings (SSSR count). The third-order valence-corrected chi connectivity index (χ3v) is 4.49. The van der Waals surface area contributed by atoms with Crippen molar-refractivity contribution in [1.82, 2.24) is 18.7 Å². The van der Waals surface area contributed by atoms with Crippen molar-refractivity contribution in [3.63, 3.8) is 0 Å². The van der Waals surface area contributed by atoms with Gasteiger partial charge in [-0.1, -0.05) is 18.2 Å². The van der Waals surface area contributed by atoms with Crippen LogP contribution < -0.4 is 20.7 Å². The highest BCUT2D eigenvalue weighted by Crippen LogP contribution is 2.26. The van der Waals surface area contributed by atoms with Crippen LogP contribution in [0.5, 0.6) is 11.8 Å². The number of hydrogen-bond donors (Lipinski definition) is 0. The maximum absolute atomic E-state index is 12.5. The van der Waals surface area contributed by atoms with E-state index in [-0.39, 0.29) is 11.7 Å². The van der Waals surface area contributed by atoms with Crippen LogP contribution in [0.15, 0.2) is 33.9 Å². The Morgan fingerprint density at radius 3 is 2.76 bits per heavy atom. The van der Waals surface area contributed by atoms with Gasteiger partial charge in [0.15, 0.2) is 17.3 Å². The van der Waals surface area contributed by atoms with E-state index >= 15 is 0 Å². The molecule has 3 heterocycles. The lowest BCUT2D eigenvalue weighted by atomic mass is 10.2. The normalized spacial score (nSPS) is 16.0. The Kier molecular flexibility index (Phi) is 3.41. The monoisotopic (exact) mass is 342 g/mol. The second-order valence-corrected chi connectivity index (χ2v) is 6.20. The van der Waals surface area contributed by atoms with Gasteiger partial charge in [-0.25, -0.2) is 4.79 Å². The number of hydrogen-bond acceptors (Lipinski definition) is 5. The van der Waals surface area contributed by atoms with Gasteiger partial charge in [-0.2, -0.15) is 4.98 Å². The summed E-state index contributed by atoms with van der Waals surface area (Å²) in [7, 11) is 3.05. The topological polar surface area (TPSA) is 80.3 Å². The molecule has 0 radical (unpaired) electrons. The van der Waals surface area contributed by atoms with Crippen LogP contribution in [0.3, 0.4) is 0 Å². The average molecular weight is 342 g/mol. The fourth-order valence-corrected chi connectivity index (χ4v) is 3.06. The molecule has 25 heavy (non-hydrogen) atoms. The maximum atomic E-state index is 12.5. The zero-order valence-electron chi connectivity index (χ0n) is 14.2. The number of rotatable bonds is 3. The minimum Gasteiger partial charge on any atom is -0.489 e. The molecule has 8 nitrogen and oxygen atoms in total. The van der Waals surface area contributed by atoms with E-state index in [4.69, 9.17) is 9.47 Å². The number of aryl methyl sites for hydroxylation is 2. The first-order valence-electron chi connectivity index (χ1n) is 7.98. The lowest BCUT2D eigenvalue weighted by molar-refractivity contribution is 0.143. The van der Waals surface area contributed by atoms with Crippen LogP contribution in [0.1, 0.15) is 5.56 Å². The molecular formula is C17H18N4O4. The van der Waals surface area contributed by atoms with Crippen LogP contribution in [0, 0.1) is 6.92 Å². The Morgan fingerprint density at radius 2 is 2.00 bits per heavy atom. The number of para-hydroxylation sites is 1. The summed E-state index contributed by atoms with van der Waals surface area (Å²) in [4.78, 5) is 28.8. The molecule has 0 amide bonds. The minimum absolute atomic E-state index is 0.242. The molecule has 0 spiro atoms. The molecule has 0 N–H and O–H groups in total. The zero-order valence-corrected chi connectivity index (χ0v) is 14.2. The van der Waals surface area contributed by atoms with Gasteiger partial charge in [0.1, 0.15) is 12.4 Å². The molecule has 2 aromatic heterocycles. The summed E-state index contributed by atoms with van der Waals surface area (Å²) in [6, 6.07) is 8.10. The molecule has 0 aliphatic carbocycles. The first-order chi connectivity index (χ1) is 12.0. The van der Waals surface area contributed by atoms with Crippen molar-refractivity contribution in [2.45, 2.75) is 19.6 Å². The van der Waals surface area contributed by atoms with Gasteiger partial charge in [0, 0.05) is 14.1 Å². The summed E-state index contributed by atoms with van der Waals surface area (Å²) >= 11 is 0. The summed E-state index contributed by atoms with van der Waals surface area (Å²) in [5.74, 6) is 0.804.